The average Bonchev–Trinajstić information content (AvgIpc) is 2.30. The average molecular weight is 216 g/mol. The van der Waals surface area contributed by atoms with Gasteiger partial charge in [0.25, 0.3) is 0 Å². The summed E-state index contributed by atoms with van der Waals surface area (Å²) in [5.41, 5.74) is 2.35. The molecule has 0 atom stereocenters. The van der Waals surface area contributed by atoms with Crippen LogP contribution in [0.5, 0.6) is 0 Å². The molecule has 0 radical (unpaired) electrons. The van der Waals surface area contributed by atoms with Crippen LogP contribution in [0.25, 0.3) is 0 Å². The zero-order valence-corrected chi connectivity index (χ0v) is 9.24. The first-order chi connectivity index (χ1) is 7.67. The number of benzene rings is 1. The molecule has 82 valence electrons. The molecule has 0 unspecified atom stereocenters. The summed E-state index contributed by atoms with van der Waals surface area (Å²) in [6.07, 6.45) is 0.865. The van der Waals surface area contributed by atoms with Gasteiger partial charge in [-0.2, -0.15) is 0 Å². The molecule has 0 heterocycles. The van der Waals surface area contributed by atoms with Gasteiger partial charge in [0.05, 0.1) is 7.11 Å². The van der Waals surface area contributed by atoms with Crippen LogP contribution in [-0.4, -0.2) is 19.4 Å². The highest BCUT2D eigenvalue weighted by molar-refractivity contribution is 5.76. The van der Waals surface area contributed by atoms with E-state index in [1.165, 1.54) is 7.11 Å². The number of hydrogen-bond donors (Lipinski definition) is 0. The predicted molar refractivity (Wildman–Crippen MR) is 60.1 cm³/mol. The van der Waals surface area contributed by atoms with Gasteiger partial charge in [-0.3, -0.25) is 9.59 Å². The second-order valence-electron chi connectivity index (χ2n) is 3.25. The molecule has 1 aromatic rings. The fourth-order valence-corrected chi connectivity index (χ4v) is 1.18. The van der Waals surface area contributed by atoms with Gasteiger partial charge in [0.2, 0.25) is 0 Å². The molecule has 0 fully saturated rings. The molecule has 0 aliphatic heterocycles. The molecule has 0 saturated carbocycles. The van der Waals surface area contributed by atoms with Crippen LogP contribution in [0.4, 0.5) is 0 Å². The molecule has 3 nitrogen and oxygen atoms in total. The quantitative estimate of drug-likeness (QED) is 0.429. The number of ether oxygens (including phenoxy) is 1. The van der Waals surface area contributed by atoms with Crippen molar-refractivity contribution in [1.82, 2.24) is 0 Å². The normalized spacial score (nSPS) is 8.88. The van der Waals surface area contributed by atoms with E-state index in [4.69, 9.17) is 0 Å². The van der Waals surface area contributed by atoms with Crippen molar-refractivity contribution in [1.29, 1.82) is 0 Å². The highest BCUT2D eigenvalue weighted by atomic mass is 16.5. The zero-order valence-electron chi connectivity index (χ0n) is 9.24. The Kier molecular flexibility index (Phi) is 4.28. The van der Waals surface area contributed by atoms with Crippen molar-refractivity contribution in [2.45, 2.75) is 13.3 Å². The summed E-state index contributed by atoms with van der Waals surface area (Å²) in [5, 5.41) is 0. The van der Waals surface area contributed by atoms with E-state index in [0.29, 0.717) is 5.56 Å². The van der Waals surface area contributed by atoms with Gasteiger partial charge in [-0.1, -0.05) is 17.9 Å². The van der Waals surface area contributed by atoms with E-state index >= 15 is 0 Å². The molecular weight excluding hydrogens is 204 g/mol. The molecule has 1 rings (SSSR count). The number of methoxy groups -OCH3 is 1. The van der Waals surface area contributed by atoms with Crippen LogP contribution in [0.1, 0.15) is 27.9 Å². The van der Waals surface area contributed by atoms with Gasteiger partial charge in [-0.15, -0.1) is 0 Å². The van der Waals surface area contributed by atoms with E-state index in [2.05, 4.69) is 16.6 Å². The van der Waals surface area contributed by atoms with Gasteiger partial charge in [0.15, 0.2) is 0 Å². The van der Waals surface area contributed by atoms with Gasteiger partial charge in [0.1, 0.15) is 12.7 Å². The predicted octanol–water partition coefficient (Wildman–Crippen LogP) is 1.72. The standard InChI is InChI=1S/C13H12O3/c1-10-8-11(9-14)6-7-12(10)4-3-5-13(15)16-2/h6-9H,5H2,1-2H3. The monoisotopic (exact) mass is 216 g/mol. The number of carbonyl (C=O) groups excluding carboxylic acids is 2. The van der Waals surface area contributed by atoms with Crippen molar-refractivity contribution < 1.29 is 14.3 Å². The highest BCUT2D eigenvalue weighted by Gasteiger charge is 1.97. The number of rotatable bonds is 2. The summed E-state index contributed by atoms with van der Waals surface area (Å²) < 4.78 is 4.47. The molecule has 0 bridgehead atoms. The Labute approximate surface area is 94.4 Å². The number of carbonyl (C=O) groups is 2. The van der Waals surface area contributed by atoms with E-state index in [0.717, 1.165) is 17.4 Å². The summed E-state index contributed by atoms with van der Waals surface area (Å²) in [6.45, 7) is 1.87. The van der Waals surface area contributed by atoms with E-state index in [9.17, 15) is 9.59 Å². The zero-order chi connectivity index (χ0) is 12.0. The van der Waals surface area contributed by atoms with Crippen LogP contribution in [0.2, 0.25) is 0 Å². The molecule has 3 heteroatoms. The van der Waals surface area contributed by atoms with E-state index < -0.39 is 0 Å². The Hall–Kier alpha value is -2.08. The summed E-state index contributed by atoms with van der Waals surface area (Å²) in [4.78, 5) is 21.3. The maximum Gasteiger partial charge on any atom is 0.317 e. The Bertz CT molecular complexity index is 464. The third-order valence-electron chi connectivity index (χ3n) is 2.07. The van der Waals surface area contributed by atoms with Crippen LogP contribution >= 0.6 is 0 Å². The topological polar surface area (TPSA) is 43.4 Å². The fraction of sp³-hybridized carbons (Fsp3) is 0.231. The molecule has 0 aliphatic rings. The van der Waals surface area contributed by atoms with Crippen LogP contribution in [0, 0.1) is 18.8 Å². The molecule has 16 heavy (non-hydrogen) atoms. The lowest BCUT2D eigenvalue weighted by molar-refractivity contribution is -0.139. The van der Waals surface area contributed by atoms with Gasteiger partial charge in [-0.05, 0) is 24.6 Å². The van der Waals surface area contributed by atoms with Gasteiger partial charge < -0.3 is 4.74 Å². The Morgan fingerprint density at radius 2 is 2.25 bits per heavy atom. The minimum atomic E-state index is -0.352. The second-order valence-corrected chi connectivity index (χ2v) is 3.25. The number of aryl methyl sites for hydroxylation is 1. The summed E-state index contributed by atoms with van der Waals surface area (Å²) in [6, 6.07) is 5.22. The molecule has 0 aromatic heterocycles. The molecule has 0 saturated heterocycles. The van der Waals surface area contributed by atoms with Crippen molar-refractivity contribution in [3.05, 3.63) is 34.9 Å². The maximum absolute atomic E-state index is 10.8. The smallest absolute Gasteiger partial charge is 0.317 e. The number of aldehydes is 1. The second kappa shape index (κ2) is 5.72. The van der Waals surface area contributed by atoms with Gasteiger partial charge in [0, 0.05) is 11.1 Å². The lowest BCUT2D eigenvalue weighted by atomic mass is 10.1. The first-order valence-corrected chi connectivity index (χ1v) is 4.79. The molecule has 0 N–H and O–H groups in total. The minimum Gasteiger partial charge on any atom is -0.468 e. The Morgan fingerprint density at radius 3 is 2.81 bits per heavy atom. The lowest BCUT2D eigenvalue weighted by Gasteiger charge is -1.98. The Morgan fingerprint density at radius 1 is 1.50 bits per heavy atom. The van der Waals surface area contributed by atoms with Crippen molar-refractivity contribution in [2.75, 3.05) is 7.11 Å². The van der Waals surface area contributed by atoms with Gasteiger partial charge >= 0.3 is 5.97 Å². The molecule has 0 amide bonds. The van der Waals surface area contributed by atoms with Crippen molar-refractivity contribution >= 4 is 12.3 Å². The molecule has 0 aliphatic carbocycles. The third-order valence-corrected chi connectivity index (χ3v) is 2.07. The third kappa shape index (κ3) is 3.25. The summed E-state index contributed by atoms with van der Waals surface area (Å²) >= 11 is 0. The van der Waals surface area contributed by atoms with E-state index in [-0.39, 0.29) is 12.4 Å². The fourth-order valence-electron chi connectivity index (χ4n) is 1.18. The number of hydrogen-bond acceptors (Lipinski definition) is 3. The largest absolute Gasteiger partial charge is 0.468 e. The van der Waals surface area contributed by atoms with Crippen LogP contribution in [0.3, 0.4) is 0 Å². The Balaban J connectivity index is 2.81. The van der Waals surface area contributed by atoms with Crippen LogP contribution in [0.15, 0.2) is 18.2 Å². The van der Waals surface area contributed by atoms with Crippen molar-refractivity contribution in [3.63, 3.8) is 0 Å². The molecular formula is C13H12O3. The molecule has 0 spiro atoms. The first kappa shape index (κ1) is 12.0. The van der Waals surface area contributed by atoms with Gasteiger partial charge in [-0.25, -0.2) is 0 Å². The summed E-state index contributed by atoms with van der Waals surface area (Å²) in [7, 11) is 1.33. The van der Waals surface area contributed by atoms with Crippen molar-refractivity contribution in [3.8, 4) is 11.8 Å². The number of esters is 1. The minimum absolute atomic E-state index is 0.0748. The van der Waals surface area contributed by atoms with Crippen LogP contribution < -0.4 is 0 Å². The first-order valence-electron chi connectivity index (χ1n) is 4.79. The maximum atomic E-state index is 10.8. The summed E-state index contributed by atoms with van der Waals surface area (Å²) in [5.74, 6) is 5.23. The SMILES string of the molecule is COC(=O)CC#Cc1ccc(C=O)cc1C. The van der Waals surface area contributed by atoms with E-state index in [1.807, 2.05) is 6.92 Å². The lowest BCUT2D eigenvalue weighted by Crippen LogP contribution is -1.97. The molecule has 1 aromatic carbocycles. The van der Waals surface area contributed by atoms with Crippen molar-refractivity contribution in [2.24, 2.45) is 0 Å². The van der Waals surface area contributed by atoms with E-state index in [1.54, 1.807) is 18.2 Å². The highest BCUT2D eigenvalue weighted by Crippen LogP contribution is 2.08. The van der Waals surface area contributed by atoms with Crippen LogP contribution in [-0.2, 0) is 9.53 Å².